The molecule has 1 fully saturated rings. The number of nitrogens with zero attached hydrogens (tertiary/aromatic N) is 3. The average molecular weight is 393 g/mol. The van der Waals surface area contributed by atoms with Crippen molar-refractivity contribution < 1.29 is 4.74 Å². The first kappa shape index (κ1) is 18.4. The van der Waals surface area contributed by atoms with E-state index in [4.69, 9.17) is 9.72 Å². The molecular weight excluding hydrogens is 364 g/mol. The van der Waals surface area contributed by atoms with E-state index in [1.165, 1.54) is 12.0 Å². The van der Waals surface area contributed by atoms with Crippen LogP contribution in [-0.4, -0.2) is 37.7 Å². The Morgan fingerprint density at radius 2 is 1.90 bits per heavy atom. The second kappa shape index (κ2) is 7.02. The number of aryl methyl sites for hydroxylation is 1. The number of hydrogen-bond donors (Lipinski definition) is 1. The van der Waals surface area contributed by atoms with Crippen LogP contribution >= 0.6 is 0 Å². The first-order valence-electron chi connectivity index (χ1n) is 10.6. The fourth-order valence-electron chi connectivity index (χ4n) is 4.93. The smallest absolute Gasteiger partial charge is 0.276 e. The van der Waals surface area contributed by atoms with Gasteiger partial charge in [0.05, 0.1) is 11.8 Å². The minimum absolute atomic E-state index is 0.0702. The molecule has 0 amide bonds. The molecule has 0 radical (unpaired) electrons. The van der Waals surface area contributed by atoms with E-state index in [0.717, 1.165) is 54.2 Å². The third-order valence-electron chi connectivity index (χ3n) is 6.22. The lowest BCUT2D eigenvalue weighted by Gasteiger charge is -2.28. The molecule has 2 aliphatic rings. The summed E-state index contributed by atoms with van der Waals surface area (Å²) in [5, 5.41) is 3.13. The number of rotatable bonds is 4. The first-order chi connectivity index (χ1) is 14.0. The molecule has 29 heavy (non-hydrogen) atoms. The molecule has 0 aliphatic carbocycles. The van der Waals surface area contributed by atoms with E-state index in [0.29, 0.717) is 12.1 Å². The maximum atomic E-state index is 13.1. The summed E-state index contributed by atoms with van der Waals surface area (Å²) in [7, 11) is 0. The predicted octanol–water partition coefficient (Wildman–Crippen LogP) is 3.25. The van der Waals surface area contributed by atoms with E-state index >= 15 is 0 Å². The van der Waals surface area contributed by atoms with Gasteiger partial charge < -0.3 is 4.74 Å². The second-order valence-corrected chi connectivity index (χ2v) is 8.75. The summed E-state index contributed by atoms with van der Waals surface area (Å²) >= 11 is 0. The third kappa shape index (κ3) is 3.35. The van der Waals surface area contributed by atoms with Crippen molar-refractivity contribution in [3.63, 3.8) is 0 Å². The van der Waals surface area contributed by atoms with Gasteiger partial charge in [-0.25, -0.2) is 9.50 Å². The zero-order valence-electron chi connectivity index (χ0n) is 17.3. The van der Waals surface area contributed by atoms with E-state index in [-0.39, 0.29) is 11.7 Å². The molecule has 1 aromatic carbocycles. The van der Waals surface area contributed by atoms with E-state index in [9.17, 15) is 4.79 Å². The highest BCUT2D eigenvalue weighted by atomic mass is 16.5. The fourth-order valence-corrected chi connectivity index (χ4v) is 4.93. The van der Waals surface area contributed by atoms with Crippen LogP contribution in [0.4, 0.5) is 0 Å². The van der Waals surface area contributed by atoms with E-state index in [1.807, 2.05) is 26.8 Å². The van der Waals surface area contributed by atoms with Crippen LogP contribution in [-0.2, 0) is 19.4 Å². The van der Waals surface area contributed by atoms with E-state index in [2.05, 4.69) is 34.3 Å². The van der Waals surface area contributed by atoms with Gasteiger partial charge in [0.1, 0.15) is 5.75 Å². The van der Waals surface area contributed by atoms with Gasteiger partial charge in [-0.15, -0.1) is 0 Å². The average Bonchev–Trinajstić information content (AvgIpc) is 3.17. The van der Waals surface area contributed by atoms with Crippen molar-refractivity contribution in [2.24, 2.45) is 0 Å². The molecule has 6 heteroatoms. The molecule has 2 bridgehead atoms. The van der Waals surface area contributed by atoms with Crippen molar-refractivity contribution >= 4 is 5.65 Å². The van der Waals surface area contributed by atoms with Crippen molar-refractivity contribution in [1.29, 1.82) is 0 Å². The van der Waals surface area contributed by atoms with Crippen molar-refractivity contribution in [3.05, 3.63) is 63.2 Å². The molecule has 0 unspecified atom stereocenters. The third-order valence-corrected chi connectivity index (χ3v) is 6.22. The zero-order valence-corrected chi connectivity index (χ0v) is 17.3. The summed E-state index contributed by atoms with van der Waals surface area (Å²) in [6, 6.07) is 11.2. The van der Waals surface area contributed by atoms with Gasteiger partial charge in [0, 0.05) is 42.4 Å². The van der Waals surface area contributed by atoms with Crippen molar-refractivity contribution in [1.82, 2.24) is 19.5 Å². The molecule has 2 aromatic heterocycles. The Balaban J connectivity index is 1.41. The van der Waals surface area contributed by atoms with Gasteiger partial charge in [-0.2, -0.15) is 0 Å². The molecule has 5 rings (SSSR count). The molecular formula is C23H28N4O2. The molecule has 4 heterocycles. The van der Waals surface area contributed by atoms with Crippen molar-refractivity contribution in [2.75, 3.05) is 0 Å². The minimum atomic E-state index is 0.0702. The fraction of sp³-hybridized carbons (Fsp3) is 0.478. The standard InChI is InChI=1S/C23H28N4O2/c1-14(2)29-19-8-4-16(5-9-19)13-26-17-6-7-18(26)12-21-20(11-17)23(28)27-22(24-21)10-15(3)25-27/h4-5,8-10,14,17-18,25H,6-7,11-13H2,1-3H3/t17-,18+/m1/s1. The Bertz CT molecular complexity index is 1100. The number of aromatic nitrogens is 3. The molecule has 0 spiro atoms. The van der Waals surface area contributed by atoms with Gasteiger partial charge in [-0.3, -0.25) is 14.8 Å². The van der Waals surface area contributed by atoms with Crippen LogP contribution in [0.25, 0.3) is 5.65 Å². The van der Waals surface area contributed by atoms with Crippen LogP contribution in [0.5, 0.6) is 5.75 Å². The number of benzene rings is 1. The topological polar surface area (TPSA) is 62.6 Å². The van der Waals surface area contributed by atoms with E-state index in [1.54, 1.807) is 4.52 Å². The lowest BCUT2D eigenvalue weighted by Crippen LogP contribution is -2.36. The summed E-state index contributed by atoms with van der Waals surface area (Å²) in [5.74, 6) is 0.914. The minimum Gasteiger partial charge on any atom is -0.491 e. The highest BCUT2D eigenvalue weighted by Gasteiger charge is 2.38. The normalized spacial score (nSPS) is 21.5. The van der Waals surface area contributed by atoms with Crippen LogP contribution in [0.3, 0.4) is 0 Å². The number of fused-ring (bicyclic) bond motifs is 4. The summed E-state index contributed by atoms with van der Waals surface area (Å²) in [5.41, 5.74) is 4.94. The Labute approximate surface area is 170 Å². The number of H-pyrrole nitrogens is 1. The molecule has 0 saturated carbocycles. The van der Waals surface area contributed by atoms with Gasteiger partial charge >= 0.3 is 0 Å². The van der Waals surface area contributed by atoms with Crippen molar-refractivity contribution in [3.8, 4) is 5.75 Å². The van der Waals surface area contributed by atoms with Gasteiger partial charge in [0.2, 0.25) is 0 Å². The van der Waals surface area contributed by atoms with Crippen LogP contribution < -0.4 is 10.3 Å². The summed E-state index contributed by atoms with van der Waals surface area (Å²) in [4.78, 5) is 20.5. The molecule has 1 N–H and O–H groups in total. The SMILES string of the molecule is Cc1cc2nc3c(c(=O)n2[nH]1)C[C@H]1CC[C@@H](C3)N1Cc1ccc(OC(C)C)cc1. The monoisotopic (exact) mass is 392 g/mol. The quantitative estimate of drug-likeness (QED) is 0.740. The lowest BCUT2D eigenvalue weighted by atomic mass is 9.98. The van der Waals surface area contributed by atoms with Crippen LogP contribution in [0.15, 0.2) is 35.1 Å². The Morgan fingerprint density at radius 1 is 1.17 bits per heavy atom. The summed E-state index contributed by atoms with van der Waals surface area (Å²) in [6.45, 7) is 6.95. The van der Waals surface area contributed by atoms with Gasteiger partial charge in [0.25, 0.3) is 5.56 Å². The molecule has 152 valence electrons. The van der Waals surface area contributed by atoms with Gasteiger partial charge in [0.15, 0.2) is 5.65 Å². The Morgan fingerprint density at radius 3 is 2.62 bits per heavy atom. The van der Waals surface area contributed by atoms with Gasteiger partial charge in [-0.05, 0) is 57.7 Å². The number of hydrogen-bond acceptors (Lipinski definition) is 4. The lowest BCUT2D eigenvalue weighted by molar-refractivity contribution is 0.187. The summed E-state index contributed by atoms with van der Waals surface area (Å²) in [6.07, 6.45) is 4.14. The highest BCUT2D eigenvalue weighted by Crippen LogP contribution is 2.34. The highest BCUT2D eigenvalue weighted by molar-refractivity contribution is 5.42. The first-order valence-corrected chi connectivity index (χ1v) is 10.6. The van der Waals surface area contributed by atoms with Crippen LogP contribution in [0.2, 0.25) is 0 Å². The maximum absolute atomic E-state index is 13.1. The van der Waals surface area contributed by atoms with Crippen LogP contribution in [0.1, 0.15) is 49.2 Å². The molecule has 2 atom stereocenters. The molecule has 2 aliphatic heterocycles. The Kier molecular flexibility index (Phi) is 4.46. The zero-order chi connectivity index (χ0) is 20.1. The predicted molar refractivity (Wildman–Crippen MR) is 113 cm³/mol. The van der Waals surface area contributed by atoms with E-state index < -0.39 is 0 Å². The van der Waals surface area contributed by atoms with Crippen molar-refractivity contribution in [2.45, 2.75) is 71.2 Å². The maximum Gasteiger partial charge on any atom is 0.276 e. The second-order valence-electron chi connectivity index (χ2n) is 8.75. The Hall–Kier alpha value is -2.60. The number of nitrogens with one attached hydrogen (secondary N) is 1. The summed E-state index contributed by atoms with van der Waals surface area (Å²) < 4.78 is 7.37. The van der Waals surface area contributed by atoms with Gasteiger partial charge in [-0.1, -0.05) is 12.1 Å². The molecule has 3 aromatic rings. The number of aromatic amines is 1. The van der Waals surface area contributed by atoms with Crippen LogP contribution in [0, 0.1) is 6.92 Å². The molecule has 1 saturated heterocycles. The largest absolute Gasteiger partial charge is 0.491 e. The number of ether oxygens (including phenoxy) is 1. The molecule has 6 nitrogen and oxygen atoms in total.